The maximum atomic E-state index is 12.1. The van der Waals surface area contributed by atoms with Gasteiger partial charge in [0.1, 0.15) is 256 Å². The standard InChI is InChI=1S/C70H114O57/c71-1-15-29(79)42(92)62(108-15)124-53-36(86)19(5-75)112-67(53)105-13-27-51(122-69-55(38(88)21(7-77)114-69)126-64-44(94)31(81)17(3-73)110-64)48(98)60(119-27)102-10-24-34(84)41(91)58(116-24)104-12-26-50(47(97)59(118-26)101-9-23-33(83)40(90)57(100)107-23)121-66-46(96)35(85)25(117-66)11-103-61-49(99)52(123-70-56(39(89)22(8-78)115-70)127-65-45(95)32(82)18(4-74)111-65)28(120-61)14-106-68-54(37(87)20(6-76)113-68)125-63-43(93)30(80)16(2-72)109-63/h15-100H,1-14H2/t15-,16-,17-,18-,19-,20-,21-,22-,23-,24-,25-,26-,27-,28-,29-,30-,31-,32-,33-,34-,35-,36-,37-,38-,39-,40+,41+,42+,43+,44+,45+,46+,47+,48+,49+,50-,51-,52-,53+,54+,55+,56+,57+,58+,59+,60-,61-,62+,63+,64+,65+,66-,67+,68+,69-,70-/m1/s1. The van der Waals surface area contributed by atoms with E-state index >= 15 is 0 Å². The molecule has 0 aromatic heterocycles. The average Bonchev–Trinajstić information content (AvgIpc) is 1.66. The Bertz CT molecular complexity index is 3350. The van der Waals surface area contributed by atoms with Gasteiger partial charge in [-0.25, -0.2) is 0 Å². The molecule has 0 unspecified atom stereocenters. The van der Waals surface area contributed by atoms with E-state index in [4.69, 9.17) is 128 Å². The monoisotopic (exact) mass is 1870 g/mol. The van der Waals surface area contributed by atoms with Gasteiger partial charge in [-0.1, -0.05) is 0 Å². The van der Waals surface area contributed by atoms with Crippen LogP contribution in [0.15, 0.2) is 0 Å². The van der Waals surface area contributed by atoms with Crippen LogP contribution in [0.5, 0.6) is 0 Å². The van der Waals surface area contributed by atoms with Crippen LogP contribution in [0.1, 0.15) is 0 Å². The molecule has 14 saturated heterocycles. The van der Waals surface area contributed by atoms with Crippen LogP contribution in [0.4, 0.5) is 0 Å². The highest BCUT2D eigenvalue weighted by Crippen LogP contribution is 2.42. The van der Waals surface area contributed by atoms with Crippen LogP contribution < -0.4 is 0 Å². The first-order valence-corrected chi connectivity index (χ1v) is 41.0. The van der Waals surface area contributed by atoms with Gasteiger partial charge in [0.25, 0.3) is 0 Å². The Labute approximate surface area is 716 Å². The van der Waals surface area contributed by atoms with Crippen LogP contribution >= 0.6 is 0 Å². The normalized spacial score (nSPS) is 53.5. The molecule has 127 heavy (non-hydrogen) atoms. The van der Waals surface area contributed by atoms with Crippen LogP contribution in [0.25, 0.3) is 0 Å². The summed E-state index contributed by atoms with van der Waals surface area (Å²) in [5.41, 5.74) is 0. The van der Waals surface area contributed by atoms with E-state index in [2.05, 4.69) is 0 Å². The minimum atomic E-state index is -2.10. The largest absolute Gasteiger partial charge is 0.394 e. The van der Waals surface area contributed by atoms with E-state index in [-0.39, 0.29) is 0 Å². The Kier molecular flexibility index (Phi) is 34.6. The molecule has 0 aromatic rings. The molecule has 57 heteroatoms. The van der Waals surface area contributed by atoms with E-state index in [9.17, 15) is 153 Å². The second-order valence-corrected chi connectivity index (χ2v) is 32.6. The summed E-state index contributed by atoms with van der Waals surface area (Å²) in [4.78, 5) is 0. The van der Waals surface area contributed by atoms with Gasteiger partial charge in [0.05, 0.1) is 92.5 Å². The highest BCUT2D eigenvalue weighted by molar-refractivity contribution is 5.03. The second-order valence-electron chi connectivity index (χ2n) is 32.6. The van der Waals surface area contributed by atoms with Crippen molar-refractivity contribution in [1.82, 2.24) is 0 Å². The predicted molar refractivity (Wildman–Crippen MR) is 376 cm³/mol. The summed E-state index contributed by atoms with van der Waals surface area (Å²) in [5, 5.41) is 323. The van der Waals surface area contributed by atoms with E-state index in [0.717, 1.165) is 0 Å². The number of hydrogen-bond acceptors (Lipinski definition) is 57. The molecule has 0 bridgehead atoms. The molecule has 14 heterocycles. The van der Waals surface area contributed by atoms with Gasteiger partial charge in [-0.05, 0) is 0 Å². The summed E-state index contributed by atoms with van der Waals surface area (Å²) in [6.45, 7) is -11.5. The van der Waals surface area contributed by atoms with E-state index in [1.807, 2.05) is 0 Å². The summed E-state index contributed by atoms with van der Waals surface area (Å²) in [5.74, 6) is 0. The first-order chi connectivity index (χ1) is 60.7. The summed E-state index contributed by atoms with van der Waals surface area (Å²) >= 11 is 0. The molecule has 14 aliphatic heterocycles. The van der Waals surface area contributed by atoms with Crippen LogP contribution in [0.2, 0.25) is 0 Å². The van der Waals surface area contributed by atoms with Crippen LogP contribution in [0, 0.1) is 0 Å². The van der Waals surface area contributed by atoms with Crippen LogP contribution in [-0.4, -0.2) is 590 Å². The summed E-state index contributed by atoms with van der Waals surface area (Å²) in [6.07, 6.45) is -98.1. The first-order valence-electron chi connectivity index (χ1n) is 41.0. The third kappa shape index (κ3) is 21.0. The fourth-order valence-corrected chi connectivity index (χ4v) is 16.9. The fraction of sp³-hybridized carbons (Fsp3) is 1.00. The van der Waals surface area contributed by atoms with Gasteiger partial charge < -0.3 is 281 Å². The van der Waals surface area contributed by atoms with Gasteiger partial charge in [-0.15, -0.1) is 0 Å². The zero-order chi connectivity index (χ0) is 91.3. The molecule has 57 nitrogen and oxygen atoms in total. The van der Waals surface area contributed by atoms with Gasteiger partial charge in [0.2, 0.25) is 0 Å². The van der Waals surface area contributed by atoms with E-state index in [1.165, 1.54) is 0 Å². The molecule has 0 spiro atoms. The van der Waals surface area contributed by atoms with Crippen molar-refractivity contribution in [3.63, 3.8) is 0 Å². The molecule has 14 aliphatic rings. The van der Waals surface area contributed by atoms with Crippen molar-refractivity contribution in [3.05, 3.63) is 0 Å². The molecule has 0 saturated carbocycles. The molecule has 0 aliphatic carbocycles. The molecule has 30 N–H and O–H groups in total. The third-order valence-electron chi connectivity index (χ3n) is 24.3. The molecule has 0 aromatic carbocycles. The zero-order valence-electron chi connectivity index (χ0n) is 66.7. The molecule has 0 radical (unpaired) electrons. The Balaban J connectivity index is 0.643. The van der Waals surface area contributed by atoms with Crippen LogP contribution in [-0.2, 0) is 128 Å². The van der Waals surface area contributed by atoms with Gasteiger partial charge in [-0.3, -0.25) is 0 Å². The minimum Gasteiger partial charge on any atom is -0.394 e. The Morgan fingerprint density at radius 1 is 0.134 bits per heavy atom. The van der Waals surface area contributed by atoms with Crippen molar-refractivity contribution >= 4 is 0 Å². The number of ether oxygens (including phenoxy) is 27. The maximum absolute atomic E-state index is 12.1. The minimum absolute atomic E-state index is 0.722. The Morgan fingerprint density at radius 2 is 0.299 bits per heavy atom. The van der Waals surface area contributed by atoms with Crippen molar-refractivity contribution < 1.29 is 281 Å². The van der Waals surface area contributed by atoms with E-state index in [0.29, 0.717) is 0 Å². The van der Waals surface area contributed by atoms with E-state index < -0.39 is 437 Å². The van der Waals surface area contributed by atoms with Crippen LogP contribution in [0.3, 0.4) is 0 Å². The quantitative estimate of drug-likeness (QED) is 0.0271. The Morgan fingerprint density at radius 3 is 0.559 bits per heavy atom. The zero-order valence-corrected chi connectivity index (χ0v) is 66.7. The van der Waals surface area contributed by atoms with Crippen molar-refractivity contribution in [3.8, 4) is 0 Å². The maximum Gasteiger partial charge on any atom is 0.187 e. The molecule has 56 atom stereocenters. The van der Waals surface area contributed by atoms with Gasteiger partial charge in [-0.2, -0.15) is 0 Å². The third-order valence-corrected chi connectivity index (χ3v) is 24.3. The molecular formula is C70H114O57. The lowest BCUT2D eigenvalue weighted by molar-refractivity contribution is -0.270. The summed E-state index contributed by atoms with van der Waals surface area (Å²) < 4.78 is 157. The summed E-state index contributed by atoms with van der Waals surface area (Å²) in [7, 11) is 0. The lowest BCUT2D eigenvalue weighted by atomic mass is 10.1. The second kappa shape index (κ2) is 43.6. The smallest absolute Gasteiger partial charge is 0.187 e. The highest BCUT2D eigenvalue weighted by atomic mass is 16.8. The lowest BCUT2D eigenvalue weighted by Gasteiger charge is -2.30. The van der Waals surface area contributed by atoms with Crippen molar-refractivity contribution in [2.45, 2.75) is 344 Å². The number of rotatable bonds is 40. The molecule has 14 fully saturated rings. The number of aliphatic hydroxyl groups excluding tert-OH is 30. The molecule has 0 amide bonds. The topological polar surface area (TPSA) is 856 Å². The lowest BCUT2D eigenvalue weighted by Crippen LogP contribution is -2.48. The number of hydrogen-bond donors (Lipinski definition) is 30. The van der Waals surface area contributed by atoms with Gasteiger partial charge >= 0.3 is 0 Å². The van der Waals surface area contributed by atoms with E-state index in [1.54, 1.807) is 0 Å². The van der Waals surface area contributed by atoms with Gasteiger partial charge in [0.15, 0.2) is 88.1 Å². The highest BCUT2D eigenvalue weighted by Gasteiger charge is 2.62. The molecule has 736 valence electrons. The molecule has 14 rings (SSSR count). The number of aliphatic hydroxyl groups is 30. The van der Waals surface area contributed by atoms with Gasteiger partial charge in [0, 0.05) is 0 Å². The van der Waals surface area contributed by atoms with Crippen molar-refractivity contribution in [1.29, 1.82) is 0 Å². The Hall–Kier alpha value is -2.28. The fourth-order valence-electron chi connectivity index (χ4n) is 16.9. The van der Waals surface area contributed by atoms with Crippen molar-refractivity contribution in [2.75, 3.05) is 92.5 Å². The average molecular weight is 1870 g/mol. The van der Waals surface area contributed by atoms with Crippen molar-refractivity contribution in [2.24, 2.45) is 0 Å². The first kappa shape index (κ1) is 101. The summed E-state index contributed by atoms with van der Waals surface area (Å²) in [6, 6.07) is 0. The predicted octanol–water partition coefficient (Wildman–Crippen LogP) is -22.6. The SMILES string of the molecule is OC[C@H]1O[C@@H](O[C@@H]2[C@@H](OC[C@H]3O[C@@H](OC[C@H]4O[C@H](OC[C@H]5O[C@H](OC[C@H]6O[C@H](O)[C@@H](O)[C@@H]6O)[C@@H](O)[C@@H]5O[C@H]5O[C@H](CO[C@@H]6O[C@H](CO[C@H]7O[C@H](CO)[C@@H](O)[C@@H]7O[C@@H]7O[C@H](CO)[C@@H](O)[C@@H]7O)[C@@H](O[C@H]7O[C@H](CO)[C@@H](O)[C@@H]7O[C@@H]7O[C@H](CO)[C@@H](O)[C@@H]7O)[C@@H]6O)[C@@H](O)[C@@H]5O)[C@@H](O)[C@@H]4O)[C@@H](O)[C@@H]3O[C@H]3O[C@H](CO)[C@@H](O)[C@@H]3O[C@@H]3O[C@H](CO)[C@@H](O)[C@@H]3O)O[C@H](CO)[C@H]2O)[C@@H](O)[C@@H]1O. The molecular weight excluding hydrogens is 1750 g/mol.